The van der Waals surface area contributed by atoms with Gasteiger partial charge in [-0.05, 0) is 34.1 Å². The minimum atomic E-state index is 0.387. The molecule has 0 unspecified atom stereocenters. The van der Waals surface area contributed by atoms with Gasteiger partial charge in [-0.25, -0.2) is 0 Å². The highest BCUT2D eigenvalue weighted by Gasteiger charge is 2.10. The molecule has 0 spiro atoms. The molecule has 4 nitrogen and oxygen atoms in total. The largest absolute Gasteiger partial charge is 0.334 e. The number of aromatic nitrogens is 3. The molecule has 2 aromatic heterocycles. The quantitative estimate of drug-likeness (QED) is 0.824. The highest BCUT2D eigenvalue weighted by molar-refractivity contribution is 9.10. The zero-order valence-corrected chi connectivity index (χ0v) is 8.73. The summed E-state index contributed by atoms with van der Waals surface area (Å²) >= 11 is 3.35. The number of nitrogens with zero attached hydrogens (tertiary/aromatic N) is 3. The lowest BCUT2D eigenvalue weighted by Gasteiger charge is -1.94. The average molecular weight is 252 g/mol. The van der Waals surface area contributed by atoms with Crippen molar-refractivity contribution in [3.05, 3.63) is 35.3 Å². The standard InChI is InChI=1S/C9H6BrN3O/c1-2-7-12-9(13-14-7)8-6(10)4-3-5-11-8/h2-5H,1H2. The van der Waals surface area contributed by atoms with Crippen LogP contribution in [0.4, 0.5) is 0 Å². The van der Waals surface area contributed by atoms with Crippen molar-refractivity contribution in [3.8, 4) is 11.5 Å². The molecule has 2 rings (SSSR count). The molecule has 0 fully saturated rings. The third-order valence-corrected chi connectivity index (χ3v) is 2.23. The predicted molar refractivity (Wildman–Crippen MR) is 55.3 cm³/mol. The summed E-state index contributed by atoms with van der Waals surface area (Å²) in [5.41, 5.74) is 0.657. The topological polar surface area (TPSA) is 51.8 Å². The van der Waals surface area contributed by atoms with Crippen LogP contribution in [-0.4, -0.2) is 15.1 Å². The van der Waals surface area contributed by atoms with Crippen LogP contribution in [0.5, 0.6) is 0 Å². The van der Waals surface area contributed by atoms with Crippen molar-refractivity contribution >= 4 is 22.0 Å². The second kappa shape index (κ2) is 3.71. The Kier molecular flexibility index (Phi) is 2.41. The minimum absolute atomic E-state index is 0.387. The maximum Gasteiger partial charge on any atom is 0.250 e. The van der Waals surface area contributed by atoms with Crippen molar-refractivity contribution in [2.75, 3.05) is 0 Å². The Morgan fingerprint density at radius 2 is 2.36 bits per heavy atom. The fourth-order valence-electron chi connectivity index (χ4n) is 0.965. The molecule has 14 heavy (non-hydrogen) atoms. The van der Waals surface area contributed by atoms with Crippen molar-refractivity contribution in [2.24, 2.45) is 0 Å². The van der Waals surface area contributed by atoms with E-state index >= 15 is 0 Å². The van der Waals surface area contributed by atoms with Crippen molar-refractivity contribution in [3.63, 3.8) is 0 Å². The van der Waals surface area contributed by atoms with E-state index in [-0.39, 0.29) is 0 Å². The van der Waals surface area contributed by atoms with E-state index in [0.717, 1.165) is 4.47 Å². The molecule has 0 bridgehead atoms. The average Bonchev–Trinajstić information content (AvgIpc) is 2.67. The summed E-state index contributed by atoms with van der Waals surface area (Å²) in [6.45, 7) is 3.53. The third kappa shape index (κ3) is 1.58. The Morgan fingerprint density at radius 1 is 1.50 bits per heavy atom. The van der Waals surface area contributed by atoms with Crippen LogP contribution in [0, 0.1) is 0 Å². The van der Waals surface area contributed by atoms with Gasteiger partial charge in [-0.2, -0.15) is 4.98 Å². The van der Waals surface area contributed by atoms with E-state index in [4.69, 9.17) is 4.52 Å². The maximum atomic E-state index is 4.88. The molecule has 2 aromatic rings. The van der Waals surface area contributed by atoms with Gasteiger partial charge in [0.15, 0.2) is 0 Å². The molecular weight excluding hydrogens is 246 g/mol. The number of hydrogen-bond donors (Lipinski definition) is 0. The lowest BCUT2D eigenvalue weighted by Crippen LogP contribution is -1.86. The van der Waals surface area contributed by atoms with E-state index in [1.807, 2.05) is 12.1 Å². The first-order chi connectivity index (χ1) is 6.81. The van der Waals surface area contributed by atoms with Gasteiger partial charge < -0.3 is 4.52 Å². The molecule has 0 radical (unpaired) electrons. The molecule has 0 aliphatic carbocycles. The lowest BCUT2D eigenvalue weighted by atomic mass is 10.3. The summed E-state index contributed by atoms with van der Waals surface area (Å²) in [5.74, 6) is 0.838. The van der Waals surface area contributed by atoms with Gasteiger partial charge in [0.2, 0.25) is 11.7 Å². The molecule has 0 aliphatic rings. The minimum Gasteiger partial charge on any atom is -0.334 e. The predicted octanol–water partition coefficient (Wildman–Crippen LogP) is 2.54. The van der Waals surface area contributed by atoms with Gasteiger partial charge in [-0.15, -0.1) is 0 Å². The molecule has 0 aromatic carbocycles. The van der Waals surface area contributed by atoms with E-state index < -0.39 is 0 Å². The van der Waals surface area contributed by atoms with Crippen LogP contribution in [0.15, 0.2) is 33.9 Å². The number of hydrogen-bond acceptors (Lipinski definition) is 4. The maximum absolute atomic E-state index is 4.88. The second-order valence-corrected chi connectivity index (χ2v) is 3.35. The van der Waals surface area contributed by atoms with Crippen molar-refractivity contribution < 1.29 is 4.52 Å². The molecule has 0 atom stereocenters. The Morgan fingerprint density at radius 3 is 3.00 bits per heavy atom. The summed E-state index contributed by atoms with van der Waals surface area (Å²) < 4.78 is 5.71. The highest BCUT2D eigenvalue weighted by Crippen LogP contribution is 2.22. The molecule has 0 saturated carbocycles. The monoisotopic (exact) mass is 251 g/mol. The molecule has 70 valence electrons. The van der Waals surface area contributed by atoms with Crippen molar-refractivity contribution in [1.82, 2.24) is 15.1 Å². The summed E-state index contributed by atoms with van der Waals surface area (Å²) in [6, 6.07) is 3.69. The summed E-state index contributed by atoms with van der Waals surface area (Å²) in [4.78, 5) is 8.20. The lowest BCUT2D eigenvalue weighted by molar-refractivity contribution is 0.411. The van der Waals surface area contributed by atoms with Crippen LogP contribution in [0.2, 0.25) is 0 Å². The first kappa shape index (κ1) is 9.08. The van der Waals surface area contributed by atoms with Crippen molar-refractivity contribution in [2.45, 2.75) is 0 Å². The number of pyridine rings is 1. The Labute approximate surface area is 88.8 Å². The summed E-state index contributed by atoms with van der Waals surface area (Å²) in [7, 11) is 0. The highest BCUT2D eigenvalue weighted by atomic mass is 79.9. The number of rotatable bonds is 2. The van der Waals surface area contributed by atoms with Crippen LogP contribution < -0.4 is 0 Å². The summed E-state index contributed by atoms with van der Waals surface area (Å²) in [5, 5.41) is 3.77. The van der Waals surface area contributed by atoms with Gasteiger partial charge in [0.25, 0.3) is 0 Å². The Hall–Kier alpha value is -1.49. The van der Waals surface area contributed by atoms with Crippen LogP contribution in [0.1, 0.15) is 5.89 Å². The molecular formula is C9H6BrN3O. The van der Waals surface area contributed by atoms with Gasteiger partial charge in [-0.3, -0.25) is 4.98 Å². The molecule has 5 heteroatoms. The van der Waals surface area contributed by atoms with Gasteiger partial charge in [0.05, 0.1) is 0 Å². The van der Waals surface area contributed by atoms with Crippen LogP contribution in [-0.2, 0) is 0 Å². The fraction of sp³-hybridized carbons (Fsp3) is 0. The summed E-state index contributed by atoms with van der Waals surface area (Å²) in [6.07, 6.45) is 3.16. The first-order valence-corrected chi connectivity index (χ1v) is 4.67. The van der Waals surface area contributed by atoms with E-state index in [2.05, 4.69) is 37.6 Å². The van der Waals surface area contributed by atoms with E-state index in [1.165, 1.54) is 6.08 Å². The van der Waals surface area contributed by atoms with Gasteiger partial charge >= 0.3 is 0 Å². The van der Waals surface area contributed by atoms with E-state index in [9.17, 15) is 0 Å². The zero-order chi connectivity index (χ0) is 9.97. The molecule has 0 N–H and O–H groups in total. The molecule has 0 amide bonds. The SMILES string of the molecule is C=Cc1nc(-c2ncccc2Br)no1. The van der Waals surface area contributed by atoms with Crippen LogP contribution >= 0.6 is 15.9 Å². The normalized spacial score (nSPS) is 10.1. The van der Waals surface area contributed by atoms with E-state index in [0.29, 0.717) is 17.4 Å². The smallest absolute Gasteiger partial charge is 0.250 e. The Bertz CT molecular complexity index is 467. The fourth-order valence-corrected chi connectivity index (χ4v) is 1.40. The molecule has 2 heterocycles. The van der Waals surface area contributed by atoms with Crippen LogP contribution in [0.3, 0.4) is 0 Å². The zero-order valence-electron chi connectivity index (χ0n) is 7.14. The van der Waals surface area contributed by atoms with E-state index in [1.54, 1.807) is 6.20 Å². The molecule has 0 aliphatic heterocycles. The van der Waals surface area contributed by atoms with Gasteiger partial charge in [-0.1, -0.05) is 11.7 Å². The first-order valence-electron chi connectivity index (χ1n) is 3.88. The number of halogens is 1. The second-order valence-electron chi connectivity index (χ2n) is 2.49. The van der Waals surface area contributed by atoms with Gasteiger partial charge in [0, 0.05) is 10.7 Å². The Balaban J connectivity index is 2.49. The van der Waals surface area contributed by atoms with Gasteiger partial charge in [0.1, 0.15) is 5.69 Å². The van der Waals surface area contributed by atoms with Crippen LogP contribution in [0.25, 0.3) is 17.6 Å². The third-order valence-electron chi connectivity index (χ3n) is 1.59. The molecule has 0 saturated heterocycles. The van der Waals surface area contributed by atoms with Crippen molar-refractivity contribution in [1.29, 1.82) is 0 Å².